The van der Waals surface area contributed by atoms with E-state index in [1.54, 1.807) is 18.2 Å². The van der Waals surface area contributed by atoms with Crippen LogP contribution in [0.2, 0.25) is 0 Å². The van der Waals surface area contributed by atoms with Gasteiger partial charge in [-0.05, 0) is 86.3 Å². The number of benzene rings is 2. The van der Waals surface area contributed by atoms with Crippen LogP contribution in [-0.4, -0.2) is 39.4 Å². The van der Waals surface area contributed by atoms with Gasteiger partial charge in [-0.3, -0.25) is 4.31 Å². The van der Waals surface area contributed by atoms with E-state index in [9.17, 15) is 13.5 Å². The SMILES string of the molecule is C#C[C@H]1CCc2ccc(CC)cc2N1S(=O)(=O)c1ccc(OCC2CCOCC2)c(C2(O)CC2)c1. The molecule has 0 aromatic heterocycles. The summed E-state index contributed by atoms with van der Waals surface area (Å²) in [5.41, 5.74) is 2.20. The molecule has 6 nitrogen and oxygen atoms in total. The van der Waals surface area contributed by atoms with E-state index in [1.165, 1.54) is 4.31 Å². The lowest BCUT2D eigenvalue weighted by atomic mass is 9.96. The zero-order chi connectivity index (χ0) is 24.6. The van der Waals surface area contributed by atoms with Crippen LogP contribution in [0.15, 0.2) is 41.3 Å². The standard InChI is InChI=1S/C28H33NO5S/c1-3-20-5-6-22-7-8-23(4-2)29(26(22)17-20)35(31,32)24-9-10-27(25(18-24)28(30)13-14-28)34-19-21-11-15-33-16-12-21/h2,5-6,9-10,17-18,21,23,30H,3,7-8,11-16,19H2,1H3/t23-/m0/s1. The average Bonchev–Trinajstić information content (AvgIpc) is 3.64. The number of ether oxygens (including phenoxy) is 2. The van der Waals surface area contributed by atoms with Gasteiger partial charge < -0.3 is 14.6 Å². The molecular weight excluding hydrogens is 462 g/mol. The Labute approximate surface area is 208 Å². The minimum atomic E-state index is -3.96. The number of fused-ring (bicyclic) bond motifs is 1. The van der Waals surface area contributed by atoms with Gasteiger partial charge >= 0.3 is 0 Å². The van der Waals surface area contributed by atoms with Gasteiger partial charge in [0.05, 0.1) is 22.8 Å². The monoisotopic (exact) mass is 495 g/mol. The fourth-order valence-electron chi connectivity index (χ4n) is 5.05. The molecule has 2 aromatic rings. The molecule has 1 aliphatic carbocycles. The van der Waals surface area contributed by atoms with E-state index in [-0.39, 0.29) is 4.90 Å². The number of nitrogens with zero attached hydrogens (tertiary/aromatic N) is 1. The normalized spacial score (nSPS) is 21.7. The Morgan fingerprint density at radius 1 is 1.17 bits per heavy atom. The smallest absolute Gasteiger partial charge is 0.265 e. The molecule has 5 rings (SSSR count). The van der Waals surface area contributed by atoms with Crippen LogP contribution < -0.4 is 9.04 Å². The Morgan fingerprint density at radius 2 is 1.94 bits per heavy atom. The van der Waals surface area contributed by atoms with Crippen LogP contribution in [0.1, 0.15) is 55.7 Å². The van der Waals surface area contributed by atoms with Gasteiger partial charge in [-0.1, -0.05) is 25.0 Å². The highest BCUT2D eigenvalue weighted by Crippen LogP contribution is 2.50. The van der Waals surface area contributed by atoms with Crippen molar-refractivity contribution in [2.24, 2.45) is 5.92 Å². The van der Waals surface area contributed by atoms with Crippen molar-refractivity contribution in [3.63, 3.8) is 0 Å². The molecule has 0 unspecified atom stereocenters. The van der Waals surface area contributed by atoms with Crippen molar-refractivity contribution in [1.29, 1.82) is 0 Å². The third-order valence-electron chi connectivity index (χ3n) is 7.51. The highest BCUT2D eigenvalue weighted by molar-refractivity contribution is 7.92. The van der Waals surface area contributed by atoms with Gasteiger partial charge in [0.2, 0.25) is 0 Å². The first-order valence-electron chi connectivity index (χ1n) is 12.6. The van der Waals surface area contributed by atoms with E-state index in [1.807, 2.05) is 25.1 Å². The molecule has 3 aliphatic rings. The van der Waals surface area contributed by atoms with E-state index < -0.39 is 21.7 Å². The Kier molecular flexibility index (Phi) is 6.56. The second-order valence-electron chi connectivity index (χ2n) is 9.89. The van der Waals surface area contributed by atoms with E-state index in [4.69, 9.17) is 15.9 Å². The summed E-state index contributed by atoms with van der Waals surface area (Å²) < 4.78 is 41.0. The molecule has 2 aliphatic heterocycles. The zero-order valence-electron chi connectivity index (χ0n) is 20.2. The van der Waals surface area contributed by atoms with Gasteiger partial charge in [-0.25, -0.2) is 8.42 Å². The van der Waals surface area contributed by atoms with Crippen LogP contribution in [-0.2, 0) is 33.2 Å². The number of hydrogen-bond acceptors (Lipinski definition) is 5. The number of anilines is 1. The highest BCUT2D eigenvalue weighted by Gasteiger charge is 2.45. The molecule has 7 heteroatoms. The largest absolute Gasteiger partial charge is 0.493 e. The van der Waals surface area contributed by atoms with Crippen LogP contribution in [0.5, 0.6) is 5.75 Å². The summed E-state index contributed by atoms with van der Waals surface area (Å²) in [5, 5.41) is 11.0. The quantitative estimate of drug-likeness (QED) is 0.584. The number of terminal acetylenes is 1. The number of sulfonamides is 1. The summed E-state index contributed by atoms with van der Waals surface area (Å²) in [6.45, 7) is 4.03. The van der Waals surface area contributed by atoms with Crippen molar-refractivity contribution in [3.8, 4) is 18.1 Å². The molecule has 0 amide bonds. The number of rotatable bonds is 7. The summed E-state index contributed by atoms with van der Waals surface area (Å²) in [6, 6.07) is 10.3. The molecule has 1 N–H and O–H groups in total. The fourth-order valence-corrected chi connectivity index (χ4v) is 6.72. The Morgan fingerprint density at radius 3 is 2.63 bits per heavy atom. The van der Waals surface area contributed by atoms with Crippen LogP contribution >= 0.6 is 0 Å². The predicted octanol–water partition coefficient (Wildman–Crippen LogP) is 4.18. The van der Waals surface area contributed by atoms with Gasteiger partial charge in [-0.2, -0.15) is 0 Å². The second kappa shape index (κ2) is 9.50. The Hall–Kier alpha value is -2.53. The molecule has 2 aromatic carbocycles. The fraction of sp³-hybridized carbons (Fsp3) is 0.500. The zero-order valence-corrected chi connectivity index (χ0v) is 21.0. The Bertz CT molecular complexity index is 1240. The molecule has 2 fully saturated rings. The first-order valence-corrected chi connectivity index (χ1v) is 14.0. The van der Waals surface area contributed by atoms with Gasteiger partial charge in [0.1, 0.15) is 11.8 Å². The van der Waals surface area contributed by atoms with Crippen LogP contribution in [0.25, 0.3) is 0 Å². The van der Waals surface area contributed by atoms with Crippen molar-refractivity contribution < 1.29 is 23.0 Å². The molecular formula is C28H33NO5S. The van der Waals surface area contributed by atoms with E-state index in [2.05, 4.69) is 5.92 Å². The lowest BCUT2D eigenvalue weighted by Gasteiger charge is -2.35. The van der Waals surface area contributed by atoms with E-state index >= 15 is 0 Å². The molecule has 1 saturated heterocycles. The third-order valence-corrected chi connectivity index (χ3v) is 9.32. The lowest BCUT2D eigenvalue weighted by Crippen LogP contribution is -2.43. The van der Waals surface area contributed by atoms with Crippen molar-refractivity contribution in [1.82, 2.24) is 0 Å². The van der Waals surface area contributed by atoms with Gasteiger partial charge in [0.15, 0.2) is 0 Å². The summed E-state index contributed by atoms with van der Waals surface area (Å²) in [5.74, 6) is 3.64. The van der Waals surface area contributed by atoms with Gasteiger partial charge in [-0.15, -0.1) is 6.42 Å². The summed E-state index contributed by atoms with van der Waals surface area (Å²) in [6.07, 6.45) is 11.0. The Balaban J connectivity index is 1.51. The molecule has 0 radical (unpaired) electrons. The lowest BCUT2D eigenvalue weighted by molar-refractivity contribution is 0.0487. The topological polar surface area (TPSA) is 76.1 Å². The van der Waals surface area contributed by atoms with E-state index in [0.29, 0.717) is 48.8 Å². The molecule has 1 atom stereocenters. The second-order valence-corrected chi connectivity index (χ2v) is 11.7. The summed E-state index contributed by atoms with van der Waals surface area (Å²) >= 11 is 0. The van der Waals surface area contributed by atoms with Crippen molar-refractivity contribution in [3.05, 3.63) is 53.1 Å². The molecule has 186 valence electrons. The highest BCUT2D eigenvalue weighted by atomic mass is 32.2. The first-order chi connectivity index (χ1) is 16.9. The van der Waals surface area contributed by atoms with Crippen LogP contribution in [0.4, 0.5) is 5.69 Å². The molecule has 0 bridgehead atoms. The average molecular weight is 496 g/mol. The molecule has 0 spiro atoms. The van der Waals surface area contributed by atoms with Crippen molar-refractivity contribution >= 4 is 15.7 Å². The maximum absolute atomic E-state index is 14.0. The van der Waals surface area contributed by atoms with Crippen molar-refractivity contribution in [2.45, 2.75) is 68.4 Å². The first kappa shape index (κ1) is 24.2. The predicted molar refractivity (Wildman–Crippen MR) is 135 cm³/mol. The summed E-state index contributed by atoms with van der Waals surface area (Å²) in [7, 11) is -3.96. The number of hydrogen-bond donors (Lipinski definition) is 1. The van der Waals surface area contributed by atoms with Gasteiger partial charge in [0.25, 0.3) is 10.0 Å². The van der Waals surface area contributed by atoms with E-state index in [0.717, 1.165) is 50.0 Å². The molecule has 2 heterocycles. The van der Waals surface area contributed by atoms with Crippen LogP contribution in [0, 0.1) is 18.3 Å². The minimum Gasteiger partial charge on any atom is -0.493 e. The molecule has 35 heavy (non-hydrogen) atoms. The third kappa shape index (κ3) is 4.67. The number of aliphatic hydroxyl groups is 1. The summed E-state index contributed by atoms with van der Waals surface area (Å²) in [4.78, 5) is 0.126. The number of aryl methyl sites for hydroxylation is 2. The maximum atomic E-state index is 14.0. The minimum absolute atomic E-state index is 0.126. The van der Waals surface area contributed by atoms with Crippen molar-refractivity contribution in [2.75, 3.05) is 24.1 Å². The molecule has 1 saturated carbocycles. The van der Waals surface area contributed by atoms with Crippen LogP contribution in [0.3, 0.4) is 0 Å². The maximum Gasteiger partial charge on any atom is 0.265 e. The van der Waals surface area contributed by atoms with Gasteiger partial charge in [0, 0.05) is 18.8 Å².